The maximum Gasteiger partial charge on any atom is 0.282 e. The Morgan fingerprint density at radius 2 is 1.90 bits per heavy atom. The monoisotopic (exact) mass is 434 g/mol. The zero-order chi connectivity index (χ0) is 21.1. The number of carbonyl (C=O) groups is 1. The lowest BCUT2D eigenvalue weighted by atomic mass is 10.2. The highest BCUT2D eigenvalue weighted by Crippen LogP contribution is 2.25. The molecule has 1 N–H and O–H groups in total. The summed E-state index contributed by atoms with van der Waals surface area (Å²) in [7, 11) is 0. The molecule has 0 radical (unpaired) electrons. The minimum Gasteiger partial charge on any atom is -0.292 e. The van der Waals surface area contributed by atoms with Gasteiger partial charge in [-0.2, -0.15) is 5.10 Å². The third-order valence-electron chi connectivity index (χ3n) is 3.71. The predicted octanol–water partition coefficient (Wildman–Crippen LogP) is 3.83. The summed E-state index contributed by atoms with van der Waals surface area (Å²) in [6, 6.07) is 4.36. The quantitative estimate of drug-likeness (QED) is 0.573. The van der Waals surface area contributed by atoms with Gasteiger partial charge in [0.05, 0.1) is 6.54 Å². The lowest BCUT2D eigenvalue weighted by Gasteiger charge is -2.06. The average Bonchev–Trinajstić information content (AvgIpc) is 3.24. The molecule has 0 atom stereocenters. The first-order valence-electron chi connectivity index (χ1n) is 8.00. The van der Waals surface area contributed by atoms with Crippen molar-refractivity contribution in [3.63, 3.8) is 0 Å². The number of anilines is 1. The Balaban J connectivity index is 1.66. The number of halogens is 6. The highest BCUT2D eigenvalue weighted by Gasteiger charge is 2.22. The number of carbonyl (C=O) groups excluding carboxylic acids is 1. The average molecular weight is 435 g/mol. The molecule has 7 nitrogen and oxygen atoms in total. The molecule has 0 fully saturated rings. The lowest BCUT2D eigenvalue weighted by molar-refractivity contribution is -0.117. The number of benzene rings is 1. The van der Waals surface area contributed by atoms with Crippen LogP contribution in [0.3, 0.4) is 0 Å². The molecule has 0 saturated heterocycles. The van der Waals surface area contributed by atoms with Crippen molar-refractivity contribution >= 4 is 23.5 Å². The molecule has 3 aromatic rings. The van der Waals surface area contributed by atoms with Gasteiger partial charge in [-0.15, -0.1) is 5.10 Å². The van der Waals surface area contributed by atoms with E-state index in [4.69, 9.17) is 11.6 Å². The molecule has 0 bridgehead atoms. The zero-order valence-corrected chi connectivity index (χ0v) is 15.1. The molecule has 0 aliphatic carbocycles. The SMILES string of the molecule is O=C(Cn1nc(C(F)F)cc1C(F)F)Nc1ncn(Cc2ccc(F)cc2Cl)n1. The van der Waals surface area contributed by atoms with Crippen LogP contribution < -0.4 is 5.32 Å². The second kappa shape index (κ2) is 8.55. The Morgan fingerprint density at radius 1 is 1.14 bits per heavy atom. The minimum absolute atomic E-state index is 0.133. The number of rotatable bonds is 7. The topological polar surface area (TPSA) is 77.6 Å². The van der Waals surface area contributed by atoms with Crippen LogP contribution in [0.15, 0.2) is 30.6 Å². The van der Waals surface area contributed by atoms with E-state index in [1.807, 2.05) is 0 Å². The van der Waals surface area contributed by atoms with Crippen LogP contribution in [0.25, 0.3) is 0 Å². The van der Waals surface area contributed by atoms with Crippen molar-refractivity contribution in [3.8, 4) is 0 Å². The summed E-state index contributed by atoms with van der Waals surface area (Å²) in [5.41, 5.74) is -1.11. The summed E-state index contributed by atoms with van der Waals surface area (Å²) in [4.78, 5) is 15.9. The maximum atomic E-state index is 13.1. The highest BCUT2D eigenvalue weighted by molar-refractivity contribution is 6.31. The summed E-state index contributed by atoms with van der Waals surface area (Å²) in [5, 5.41) is 9.73. The van der Waals surface area contributed by atoms with Gasteiger partial charge < -0.3 is 0 Å². The van der Waals surface area contributed by atoms with Crippen LogP contribution in [0.4, 0.5) is 27.9 Å². The standard InChI is InChI=1S/C16H12ClF5N6O/c17-10-3-9(18)2-1-8(10)5-27-7-23-16(26-27)24-13(29)6-28-12(15(21)22)4-11(25-28)14(19)20/h1-4,7,14-15H,5-6H2,(H,24,26,29). The molecule has 1 aromatic carbocycles. The fourth-order valence-corrected chi connectivity index (χ4v) is 2.64. The minimum atomic E-state index is -3.08. The van der Waals surface area contributed by atoms with Crippen molar-refractivity contribution in [2.24, 2.45) is 0 Å². The Hall–Kier alpha value is -3.02. The summed E-state index contributed by atoms with van der Waals surface area (Å²) < 4.78 is 66.1. The van der Waals surface area contributed by atoms with Gasteiger partial charge in [0.2, 0.25) is 11.9 Å². The largest absolute Gasteiger partial charge is 0.292 e. The number of hydrogen-bond acceptors (Lipinski definition) is 4. The van der Waals surface area contributed by atoms with Crippen LogP contribution in [-0.2, 0) is 17.9 Å². The fraction of sp³-hybridized carbons (Fsp3) is 0.250. The maximum absolute atomic E-state index is 13.1. The van der Waals surface area contributed by atoms with Gasteiger partial charge in [0.15, 0.2) is 0 Å². The van der Waals surface area contributed by atoms with E-state index in [9.17, 15) is 26.7 Å². The smallest absolute Gasteiger partial charge is 0.282 e. The molecule has 2 aromatic heterocycles. The fourth-order valence-electron chi connectivity index (χ4n) is 2.41. The Bertz CT molecular complexity index is 1020. The molecular weight excluding hydrogens is 423 g/mol. The van der Waals surface area contributed by atoms with Crippen molar-refractivity contribution in [1.29, 1.82) is 0 Å². The van der Waals surface area contributed by atoms with Crippen molar-refractivity contribution < 1.29 is 26.7 Å². The molecule has 0 unspecified atom stereocenters. The first kappa shape index (κ1) is 20.7. The second-order valence-electron chi connectivity index (χ2n) is 5.80. The molecule has 154 valence electrons. The first-order chi connectivity index (χ1) is 13.7. The molecule has 29 heavy (non-hydrogen) atoms. The van der Waals surface area contributed by atoms with E-state index in [0.717, 1.165) is 6.07 Å². The van der Waals surface area contributed by atoms with Gasteiger partial charge in [0.25, 0.3) is 12.9 Å². The van der Waals surface area contributed by atoms with Gasteiger partial charge in [-0.1, -0.05) is 17.7 Å². The molecule has 0 aliphatic rings. The van der Waals surface area contributed by atoms with Crippen LogP contribution in [0.2, 0.25) is 5.02 Å². The van der Waals surface area contributed by atoms with E-state index < -0.39 is 42.5 Å². The number of nitrogens with zero attached hydrogens (tertiary/aromatic N) is 5. The van der Waals surface area contributed by atoms with Gasteiger partial charge in [0, 0.05) is 5.02 Å². The Labute approximate surface area is 165 Å². The van der Waals surface area contributed by atoms with Crippen LogP contribution >= 0.6 is 11.6 Å². The molecule has 2 heterocycles. The molecule has 0 saturated carbocycles. The molecule has 1 amide bonds. The van der Waals surface area contributed by atoms with Gasteiger partial charge >= 0.3 is 0 Å². The van der Waals surface area contributed by atoms with Crippen molar-refractivity contribution in [2.45, 2.75) is 25.9 Å². The van der Waals surface area contributed by atoms with E-state index in [1.165, 1.54) is 23.1 Å². The Kier molecular flexibility index (Phi) is 6.11. The molecule has 13 heteroatoms. The van der Waals surface area contributed by atoms with E-state index in [0.29, 0.717) is 16.3 Å². The van der Waals surface area contributed by atoms with E-state index in [1.54, 1.807) is 0 Å². The second-order valence-corrected chi connectivity index (χ2v) is 6.21. The van der Waals surface area contributed by atoms with Gasteiger partial charge in [0.1, 0.15) is 30.1 Å². The van der Waals surface area contributed by atoms with Gasteiger partial charge in [-0.05, 0) is 23.8 Å². The number of amides is 1. The predicted molar refractivity (Wildman–Crippen MR) is 91.3 cm³/mol. The molecular formula is C16H12ClF5N6O. The summed E-state index contributed by atoms with van der Waals surface area (Å²) in [6.45, 7) is -0.598. The number of hydrogen-bond donors (Lipinski definition) is 1. The third kappa shape index (κ3) is 5.08. The Morgan fingerprint density at radius 3 is 2.55 bits per heavy atom. The number of nitrogens with one attached hydrogen (secondary N) is 1. The van der Waals surface area contributed by atoms with Crippen LogP contribution in [-0.4, -0.2) is 30.5 Å². The van der Waals surface area contributed by atoms with Crippen LogP contribution in [0.5, 0.6) is 0 Å². The zero-order valence-electron chi connectivity index (χ0n) is 14.4. The first-order valence-corrected chi connectivity index (χ1v) is 8.38. The number of alkyl halides is 4. The molecule has 0 spiro atoms. The van der Waals surface area contributed by atoms with E-state index in [2.05, 4.69) is 20.5 Å². The van der Waals surface area contributed by atoms with Crippen LogP contribution in [0, 0.1) is 5.82 Å². The van der Waals surface area contributed by atoms with E-state index in [-0.39, 0.29) is 17.5 Å². The van der Waals surface area contributed by atoms with Crippen molar-refractivity contribution in [2.75, 3.05) is 5.32 Å². The van der Waals surface area contributed by atoms with Crippen LogP contribution in [0.1, 0.15) is 29.8 Å². The highest BCUT2D eigenvalue weighted by atomic mass is 35.5. The summed E-state index contributed by atoms with van der Waals surface area (Å²) in [5.74, 6) is -1.48. The normalized spacial score (nSPS) is 11.4. The van der Waals surface area contributed by atoms with Crippen molar-refractivity contribution in [1.82, 2.24) is 24.5 Å². The summed E-state index contributed by atoms with van der Waals surface area (Å²) >= 11 is 5.93. The summed E-state index contributed by atoms with van der Waals surface area (Å²) in [6.07, 6.45) is -4.86. The van der Waals surface area contributed by atoms with E-state index >= 15 is 0 Å². The molecule has 3 rings (SSSR count). The van der Waals surface area contributed by atoms with Gasteiger partial charge in [-0.25, -0.2) is 31.6 Å². The van der Waals surface area contributed by atoms with Crippen molar-refractivity contribution in [3.05, 3.63) is 58.4 Å². The third-order valence-corrected chi connectivity index (χ3v) is 4.06. The lowest BCUT2D eigenvalue weighted by Crippen LogP contribution is -2.22. The van der Waals surface area contributed by atoms with Gasteiger partial charge in [-0.3, -0.25) is 14.8 Å². The number of aromatic nitrogens is 5. The molecule has 0 aliphatic heterocycles.